The van der Waals surface area contributed by atoms with Gasteiger partial charge < -0.3 is 0 Å². The van der Waals surface area contributed by atoms with E-state index in [4.69, 9.17) is 0 Å². The smallest absolute Gasteiger partial charge is 0.270 e. The lowest BCUT2D eigenvalue weighted by Gasteiger charge is -2.06. The highest BCUT2D eigenvalue weighted by atomic mass is 16.6. The molecule has 0 fully saturated rings. The van der Waals surface area contributed by atoms with Gasteiger partial charge in [0.05, 0.1) is 16.5 Å². The third-order valence-electron chi connectivity index (χ3n) is 4.96. The van der Waals surface area contributed by atoms with Crippen molar-refractivity contribution in [2.24, 2.45) is 13.0 Å². The van der Waals surface area contributed by atoms with E-state index in [0.29, 0.717) is 5.39 Å². The third kappa shape index (κ3) is 2.99. The highest BCUT2D eigenvalue weighted by Gasteiger charge is 2.32. The first-order valence-corrected chi connectivity index (χ1v) is 8.99. The molecule has 1 aromatic heterocycles. The molecule has 4 aromatic rings. The monoisotopic (exact) mass is 398 g/mol. The number of hydrogen-bond acceptors (Lipinski definition) is 6. The summed E-state index contributed by atoms with van der Waals surface area (Å²) in [5.41, 5.74) is 0.369. The molecule has 0 aliphatic rings. The Labute approximate surface area is 170 Å². The lowest BCUT2D eigenvalue weighted by molar-refractivity contribution is -0.384. The van der Waals surface area contributed by atoms with Crippen LogP contribution in [-0.2, 0) is 7.05 Å². The Balaban J connectivity index is 1.80. The lowest BCUT2D eigenvalue weighted by atomic mass is 9.92. The molecule has 1 unspecified atom stereocenters. The summed E-state index contributed by atoms with van der Waals surface area (Å²) in [7, 11) is 1.69. The van der Waals surface area contributed by atoms with Gasteiger partial charge in [0.1, 0.15) is 5.69 Å². The van der Waals surface area contributed by atoms with Crippen LogP contribution in [0.4, 0.5) is 5.69 Å². The van der Waals surface area contributed by atoms with Gasteiger partial charge in [-0.15, -0.1) is 0 Å². The van der Waals surface area contributed by atoms with Gasteiger partial charge in [0.25, 0.3) is 5.69 Å². The maximum Gasteiger partial charge on any atom is 0.270 e. The molecule has 8 heteroatoms. The summed E-state index contributed by atoms with van der Waals surface area (Å²) in [6, 6.07) is 17.9. The summed E-state index contributed by atoms with van der Waals surface area (Å²) < 4.78 is 1.55. The number of nitro benzene ring substituents is 1. The predicted octanol–water partition coefficient (Wildman–Crippen LogP) is 3.84. The Morgan fingerprint density at radius 2 is 1.83 bits per heavy atom. The van der Waals surface area contributed by atoms with Crippen molar-refractivity contribution in [2.75, 3.05) is 0 Å². The number of Topliss-reactive ketones (excluding diaryl/α,β-unsaturated/α-hetero) is 2. The van der Waals surface area contributed by atoms with Crippen LogP contribution in [0.2, 0.25) is 0 Å². The van der Waals surface area contributed by atoms with Crippen LogP contribution < -0.4 is 0 Å². The molecule has 1 atom stereocenters. The van der Waals surface area contributed by atoms with E-state index in [1.54, 1.807) is 23.9 Å². The molecule has 8 nitrogen and oxygen atoms in total. The van der Waals surface area contributed by atoms with Crippen LogP contribution in [0.25, 0.3) is 21.7 Å². The molecule has 146 valence electrons. The summed E-state index contributed by atoms with van der Waals surface area (Å²) >= 11 is 0. The van der Waals surface area contributed by atoms with Gasteiger partial charge in [-0.25, -0.2) is 0 Å². The number of carbonyl (C=O) groups is 2. The standard InChI is InChI=1S/C22H14N4O4/c1-25-20-16-8-3-2-5-13(16)9-10-17(20)19(24-25)22(28)18(12-23)21(27)14-6-4-7-15(11-14)26(29)30/h2-11,18H,1H3. The zero-order valence-corrected chi connectivity index (χ0v) is 15.8. The second kappa shape index (κ2) is 7.22. The molecule has 30 heavy (non-hydrogen) atoms. The van der Waals surface area contributed by atoms with Crippen molar-refractivity contribution >= 4 is 38.9 Å². The number of aryl methyl sites for hydroxylation is 1. The van der Waals surface area contributed by atoms with Crippen molar-refractivity contribution in [3.05, 3.63) is 82.0 Å². The number of rotatable bonds is 5. The number of nitrogens with zero attached hydrogens (tertiary/aromatic N) is 4. The molecule has 1 heterocycles. The third-order valence-corrected chi connectivity index (χ3v) is 4.96. The van der Waals surface area contributed by atoms with Crippen molar-refractivity contribution in [1.29, 1.82) is 5.26 Å². The van der Waals surface area contributed by atoms with E-state index >= 15 is 0 Å². The number of non-ortho nitro benzene ring substituents is 1. The van der Waals surface area contributed by atoms with Crippen LogP contribution in [0.3, 0.4) is 0 Å². The highest BCUT2D eigenvalue weighted by Crippen LogP contribution is 2.29. The molecule has 0 radical (unpaired) electrons. The average molecular weight is 398 g/mol. The minimum Gasteiger partial charge on any atom is -0.292 e. The number of carbonyl (C=O) groups excluding carboxylic acids is 2. The molecular weight excluding hydrogens is 384 g/mol. The molecule has 4 rings (SSSR count). The van der Waals surface area contributed by atoms with Gasteiger partial charge in [-0.2, -0.15) is 10.4 Å². The lowest BCUT2D eigenvalue weighted by Crippen LogP contribution is -2.23. The molecule has 0 N–H and O–H groups in total. The summed E-state index contributed by atoms with van der Waals surface area (Å²) in [6.07, 6.45) is 0. The maximum atomic E-state index is 13.1. The molecule has 3 aromatic carbocycles. The van der Waals surface area contributed by atoms with Crippen LogP contribution in [0, 0.1) is 27.4 Å². The largest absolute Gasteiger partial charge is 0.292 e. The van der Waals surface area contributed by atoms with E-state index in [1.165, 1.54) is 18.2 Å². The molecule has 0 spiro atoms. The molecule has 0 saturated heterocycles. The molecular formula is C22H14N4O4. The number of aromatic nitrogens is 2. The van der Waals surface area contributed by atoms with E-state index in [-0.39, 0.29) is 16.9 Å². The average Bonchev–Trinajstić information content (AvgIpc) is 3.11. The Bertz CT molecular complexity index is 1400. The Kier molecular flexibility index (Phi) is 4.56. The zero-order valence-electron chi connectivity index (χ0n) is 15.8. The highest BCUT2D eigenvalue weighted by molar-refractivity contribution is 6.22. The normalized spacial score (nSPS) is 11.9. The van der Waals surface area contributed by atoms with Crippen LogP contribution in [0.15, 0.2) is 60.7 Å². The number of ketones is 2. The number of benzene rings is 3. The van der Waals surface area contributed by atoms with Crippen molar-refractivity contribution in [1.82, 2.24) is 9.78 Å². The minimum atomic E-state index is -1.66. The van der Waals surface area contributed by atoms with Crippen molar-refractivity contribution in [3.8, 4) is 6.07 Å². The van der Waals surface area contributed by atoms with E-state index in [1.807, 2.05) is 30.3 Å². The topological polar surface area (TPSA) is 119 Å². The second-order valence-electron chi connectivity index (χ2n) is 6.75. The number of nitriles is 1. The van der Waals surface area contributed by atoms with Crippen molar-refractivity contribution < 1.29 is 14.5 Å². The van der Waals surface area contributed by atoms with Gasteiger partial charge in [0, 0.05) is 35.5 Å². The van der Waals surface area contributed by atoms with Gasteiger partial charge in [-0.05, 0) is 11.5 Å². The van der Waals surface area contributed by atoms with E-state index in [2.05, 4.69) is 5.10 Å². The fourth-order valence-electron chi connectivity index (χ4n) is 3.54. The van der Waals surface area contributed by atoms with Crippen LogP contribution in [-0.4, -0.2) is 26.3 Å². The fraction of sp³-hybridized carbons (Fsp3) is 0.0909. The first kappa shape index (κ1) is 19.0. The molecule has 0 amide bonds. The van der Waals surface area contributed by atoms with Crippen molar-refractivity contribution in [2.45, 2.75) is 0 Å². The van der Waals surface area contributed by atoms with Crippen LogP contribution in [0.1, 0.15) is 20.8 Å². The van der Waals surface area contributed by atoms with Crippen LogP contribution in [0.5, 0.6) is 0 Å². The summed E-state index contributed by atoms with van der Waals surface area (Å²) in [4.78, 5) is 36.3. The first-order chi connectivity index (χ1) is 14.4. The van der Waals surface area contributed by atoms with Gasteiger partial charge in [0.15, 0.2) is 11.7 Å². The number of nitro groups is 1. The van der Waals surface area contributed by atoms with Crippen molar-refractivity contribution in [3.63, 3.8) is 0 Å². The van der Waals surface area contributed by atoms with E-state index in [0.717, 1.165) is 22.4 Å². The van der Waals surface area contributed by atoms with Gasteiger partial charge in [0.2, 0.25) is 5.78 Å². The fourth-order valence-corrected chi connectivity index (χ4v) is 3.54. The molecule has 0 aliphatic carbocycles. The summed E-state index contributed by atoms with van der Waals surface area (Å²) in [5, 5.41) is 27.2. The summed E-state index contributed by atoms with van der Waals surface area (Å²) in [6.45, 7) is 0. The second-order valence-corrected chi connectivity index (χ2v) is 6.75. The Morgan fingerprint density at radius 3 is 2.57 bits per heavy atom. The SMILES string of the molecule is Cn1nc(C(=O)C(C#N)C(=O)c2cccc([N+](=O)[O-])c2)c2ccc3ccccc3c21. The van der Waals surface area contributed by atoms with Crippen LogP contribution >= 0.6 is 0 Å². The predicted molar refractivity (Wildman–Crippen MR) is 109 cm³/mol. The van der Waals surface area contributed by atoms with Gasteiger partial charge >= 0.3 is 0 Å². The summed E-state index contributed by atoms with van der Waals surface area (Å²) in [5.74, 6) is -3.20. The molecule has 0 aliphatic heterocycles. The molecule has 0 saturated carbocycles. The van der Waals surface area contributed by atoms with Gasteiger partial charge in [-0.1, -0.05) is 42.5 Å². The van der Waals surface area contributed by atoms with E-state index < -0.39 is 22.4 Å². The Morgan fingerprint density at radius 1 is 1.07 bits per heavy atom. The Hall–Kier alpha value is -4.38. The maximum absolute atomic E-state index is 13.1. The zero-order chi connectivity index (χ0) is 21.4. The number of fused-ring (bicyclic) bond motifs is 3. The van der Waals surface area contributed by atoms with Gasteiger partial charge in [-0.3, -0.25) is 24.4 Å². The van der Waals surface area contributed by atoms with E-state index in [9.17, 15) is 25.0 Å². The minimum absolute atomic E-state index is 0.0172. The quantitative estimate of drug-likeness (QED) is 0.218. The number of hydrogen-bond donors (Lipinski definition) is 0. The molecule has 0 bridgehead atoms. The first-order valence-electron chi connectivity index (χ1n) is 8.99.